The van der Waals surface area contributed by atoms with E-state index in [9.17, 15) is 0 Å². The van der Waals surface area contributed by atoms with Crippen molar-refractivity contribution in [2.24, 2.45) is 0 Å². The van der Waals surface area contributed by atoms with Crippen LogP contribution in [-0.2, 0) is 0 Å². The van der Waals surface area contributed by atoms with Gasteiger partial charge < -0.3 is 4.57 Å². The number of hydrogen-bond donors (Lipinski definition) is 0. The van der Waals surface area contributed by atoms with Crippen molar-refractivity contribution in [2.75, 3.05) is 0 Å². The number of benzene rings is 3. The van der Waals surface area contributed by atoms with Crippen LogP contribution < -0.4 is 0 Å². The van der Waals surface area contributed by atoms with Crippen molar-refractivity contribution in [3.8, 4) is 34.2 Å². The van der Waals surface area contributed by atoms with E-state index in [0.717, 1.165) is 72.5 Å². The Bertz CT molecular complexity index is 2240. The van der Waals surface area contributed by atoms with Crippen molar-refractivity contribution in [2.45, 2.75) is 0 Å². The second-order valence-electron chi connectivity index (χ2n) is 10.8. The number of hydrogen-bond acceptors (Lipinski definition) is 4. The second kappa shape index (κ2) is 9.71. The highest BCUT2D eigenvalue weighted by Gasteiger charge is 2.15. The van der Waals surface area contributed by atoms with Gasteiger partial charge in [0.15, 0.2) is 0 Å². The molecule has 0 N–H and O–H groups in total. The van der Waals surface area contributed by atoms with Gasteiger partial charge in [-0.05, 0) is 66.7 Å². The Morgan fingerprint density at radius 2 is 1.16 bits per heavy atom. The van der Waals surface area contributed by atoms with Gasteiger partial charge in [0.2, 0.25) is 0 Å². The molecule has 0 aliphatic heterocycles. The highest BCUT2D eigenvalue weighted by Crippen LogP contribution is 2.33. The molecule has 0 amide bonds. The number of nitrogens with zero attached hydrogens (tertiary/aromatic N) is 6. The third-order valence-electron chi connectivity index (χ3n) is 8.28. The van der Waals surface area contributed by atoms with Gasteiger partial charge in [0, 0.05) is 39.8 Å². The molecule has 0 atom stereocenters. The summed E-state index contributed by atoms with van der Waals surface area (Å²) in [5, 5.41) is 3.47. The van der Waals surface area contributed by atoms with Crippen LogP contribution in [0.2, 0.25) is 0 Å². The molecular formula is C38H24N6. The predicted molar refractivity (Wildman–Crippen MR) is 177 cm³/mol. The van der Waals surface area contributed by atoms with Gasteiger partial charge in [0.25, 0.3) is 0 Å². The van der Waals surface area contributed by atoms with Crippen LogP contribution in [0, 0.1) is 0 Å². The van der Waals surface area contributed by atoms with Gasteiger partial charge in [-0.15, -0.1) is 0 Å². The number of pyridine rings is 4. The van der Waals surface area contributed by atoms with Gasteiger partial charge in [-0.1, -0.05) is 60.7 Å². The van der Waals surface area contributed by atoms with Crippen molar-refractivity contribution in [1.82, 2.24) is 29.1 Å². The Balaban J connectivity index is 1.15. The Morgan fingerprint density at radius 3 is 2.07 bits per heavy atom. The number of para-hydroxylation sites is 2. The van der Waals surface area contributed by atoms with Crippen molar-refractivity contribution in [1.29, 1.82) is 0 Å². The summed E-state index contributed by atoms with van der Waals surface area (Å²) in [6.07, 6.45) is 5.60. The molecule has 0 aliphatic carbocycles. The van der Waals surface area contributed by atoms with E-state index < -0.39 is 0 Å². The molecular weight excluding hydrogens is 540 g/mol. The van der Waals surface area contributed by atoms with E-state index in [0.29, 0.717) is 0 Å². The van der Waals surface area contributed by atoms with Crippen molar-refractivity contribution in [3.63, 3.8) is 0 Å². The fourth-order valence-corrected chi connectivity index (χ4v) is 6.36. The smallest absolute Gasteiger partial charge is 0.138 e. The van der Waals surface area contributed by atoms with E-state index in [2.05, 4.69) is 105 Å². The van der Waals surface area contributed by atoms with Crippen molar-refractivity contribution < 1.29 is 0 Å². The van der Waals surface area contributed by atoms with E-state index in [-0.39, 0.29) is 0 Å². The number of rotatable bonds is 4. The van der Waals surface area contributed by atoms with E-state index in [4.69, 9.17) is 15.0 Å². The van der Waals surface area contributed by atoms with Crippen LogP contribution >= 0.6 is 0 Å². The Hall–Kier alpha value is -6.14. The molecule has 0 aliphatic rings. The average Bonchev–Trinajstić information content (AvgIpc) is 3.62. The van der Waals surface area contributed by atoms with Gasteiger partial charge in [0.05, 0.1) is 50.9 Å². The summed E-state index contributed by atoms with van der Waals surface area (Å²) in [4.78, 5) is 19.3. The summed E-state index contributed by atoms with van der Waals surface area (Å²) in [5.41, 5.74) is 9.93. The summed E-state index contributed by atoms with van der Waals surface area (Å²) in [7, 11) is 0. The molecule has 0 unspecified atom stereocenters. The maximum Gasteiger partial charge on any atom is 0.138 e. The van der Waals surface area contributed by atoms with E-state index in [1.807, 2.05) is 55.0 Å². The molecule has 3 aromatic carbocycles. The fourth-order valence-electron chi connectivity index (χ4n) is 6.36. The van der Waals surface area contributed by atoms with Gasteiger partial charge >= 0.3 is 0 Å². The molecule has 6 heterocycles. The van der Waals surface area contributed by atoms with Gasteiger partial charge in [-0.25, -0.2) is 9.97 Å². The summed E-state index contributed by atoms with van der Waals surface area (Å²) in [6.45, 7) is 0. The molecule has 44 heavy (non-hydrogen) atoms. The molecule has 0 saturated carbocycles. The Kier molecular flexibility index (Phi) is 5.40. The monoisotopic (exact) mass is 564 g/mol. The van der Waals surface area contributed by atoms with Crippen LogP contribution in [0.25, 0.3) is 77.9 Å². The fraction of sp³-hybridized carbons (Fsp3) is 0. The van der Waals surface area contributed by atoms with Crippen molar-refractivity contribution >= 4 is 43.7 Å². The first-order valence-corrected chi connectivity index (χ1v) is 14.6. The zero-order valence-electron chi connectivity index (χ0n) is 23.5. The summed E-state index contributed by atoms with van der Waals surface area (Å²) < 4.78 is 4.45. The Morgan fingerprint density at radius 1 is 0.455 bits per heavy atom. The zero-order valence-corrected chi connectivity index (χ0v) is 23.5. The lowest BCUT2D eigenvalue weighted by molar-refractivity contribution is 1.07. The summed E-state index contributed by atoms with van der Waals surface area (Å²) in [5.74, 6) is 0.830. The van der Waals surface area contributed by atoms with Crippen LogP contribution in [0.3, 0.4) is 0 Å². The Labute approximate surface area is 252 Å². The lowest BCUT2D eigenvalue weighted by atomic mass is 10.1. The number of aromatic nitrogens is 6. The molecule has 9 aromatic rings. The van der Waals surface area contributed by atoms with Crippen molar-refractivity contribution in [3.05, 3.63) is 146 Å². The normalized spacial score (nSPS) is 11.6. The maximum atomic E-state index is 5.11. The molecule has 0 radical (unpaired) electrons. The molecule has 0 saturated heterocycles. The standard InChI is InChI=1S/C38H24N6/c1-3-16-33-27(11-1)28-20-22-39-24-36(28)44(33)37-19-7-15-32(42-37)31-14-6-13-30(41-31)25-9-5-10-26(23-25)43-34-17-4-2-12-29(34)38-35(43)18-8-21-40-38/h1-24H. The summed E-state index contributed by atoms with van der Waals surface area (Å²) >= 11 is 0. The van der Waals surface area contributed by atoms with Crippen LogP contribution in [0.5, 0.6) is 0 Å². The predicted octanol–water partition coefficient (Wildman–Crippen LogP) is 8.79. The minimum absolute atomic E-state index is 0.809. The number of fused-ring (bicyclic) bond motifs is 6. The van der Waals surface area contributed by atoms with E-state index >= 15 is 0 Å². The van der Waals surface area contributed by atoms with Crippen LogP contribution in [0.4, 0.5) is 0 Å². The molecule has 6 nitrogen and oxygen atoms in total. The molecule has 0 bridgehead atoms. The minimum atomic E-state index is 0.809. The lowest BCUT2D eigenvalue weighted by Crippen LogP contribution is -1.99. The van der Waals surface area contributed by atoms with Gasteiger partial charge in [0.1, 0.15) is 5.82 Å². The average molecular weight is 565 g/mol. The molecule has 0 spiro atoms. The molecule has 9 rings (SSSR count). The maximum absolute atomic E-state index is 5.11. The van der Waals surface area contributed by atoms with E-state index in [1.165, 1.54) is 5.39 Å². The van der Waals surface area contributed by atoms with Gasteiger partial charge in [-0.3, -0.25) is 14.5 Å². The van der Waals surface area contributed by atoms with E-state index in [1.54, 1.807) is 0 Å². The lowest BCUT2D eigenvalue weighted by Gasteiger charge is -2.11. The van der Waals surface area contributed by atoms with Crippen LogP contribution in [0.15, 0.2) is 146 Å². The first-order chi connectivity index (χ1) is 21.8. The highest BCUT2D eigenvalue weighted by molar-refractivity contribution is 6.09. The SMILES string of the molecule is c1cc(-c2cccc(-c3cccc(-n4c5ccccc5c5ccncc54)n3)n2)cc(-n2c3ccccc3c3ncccc32)c1. The third kappa shape index (κ3) is 3.75. The largest absolute Gasteiger partial charge is 0.308 e. The summed E-state index contributed by atoms with van der Waals surface area (Å²) in [6, 6.07) is 43.7. The molecule has 6 heteroatoms. The quantitative estimate of drug-likeness (QED) is 0.214. The van der Waals surface area contributed by atoms with Crippen LogP contribution in [-0.4, -0.2) is 29.1 Å². The molecule has 206 valence electrons. The third-order valence-corrected chi connectivity index (χ3v) is 8.28. The van der Waals surface area contributed by atoms with Gasteiger partial charge in [-0.2, -0.15) is 0 Å². The first-order valence-electron chi connectivity index (χ1n) is 14.6. The minimum Gasteiger partial charge on any atom is -0.308 e. The first kappa shape index (κ1) is 24.5. The second-order valence-corrected chi connectivity index (χ2v) is 10.8. The zero-order chi connectivity index (χ0) is 29.0. The molecule has 0 fully saturated rings. The molecule has 6 aromatic heterocycles. The highest BCUT2D eigenvalue weighted by atomic mass is 15.1. The topological polar surface area (TPSA) is 61.4 Å². The van der Waals surface area contributed by atoms with Crippen LogP contribution in [0.1, 0.15) is 0 Å².